The standard InChI is InChI=1S/C52H71N9O11S/c1-28-29(2)44(30(3)35-27-52(8,9)72-43(28)35)73(69,70)60-50(54)55-25-15-22-38(49(67)68)58-46(64)39-23-16-26-61(39)48(66)37(21-12-13-24-53)57-47(65)40(31(4)71-51(5,6)7)59-45(63)34-19-14-18-33-41(34)56-36-20-11-10-17-32(36)42(33)62/h10-11,14,17-20,31,37-40H,12-13,15-16,21-27,53H2,1-9H3,(H,56,62)(H,57,65)(H,58,64)(H,59,63)(H,67,68)(H3,54,55,60)/t31-,37+,38+,39+,40+/m1/s1. The normalized spacial score (nSPS) is 17.3. The molecule has 6 rings (SSSR count). The number of amides is 4. The van der Waals surface area contributed by atoms with Crippen molar-refractivity contribution in [3.8, 4) is 5.75 Å². The predicted molar refractivity (Wildman–Crippen MR) is 278 cm³/mol. The average molecular weight is 1030 g/mol. The Morgan fingerprint density at radius 3 is 2.32 bits per heavy atom. The number of nitrogens with zero attached hydrogens (tertiary/aromatic N) is 2. The summed E-state index contributed by atoms with van der Waals surface area (Å²) in [5, 5.41) is 19.1. The Morgan fingerprint density at radius 1 is 0.945 bits per heavy atom. The molecule has 5 atom stereocenters. The van der Waals surface area contributed by atoms with Crippen LogP contribution in [-0.2, 0) is 40.4 Å². The number of carbonyl (C=O) groups is 5. The van der Waals surface area contributed by atoms with Crippen molar-refractivity contribution >= 4 is 67.4 Å². The maximum absolute atomic E-state index is 14.5. The first-order valence-corrected chi connectivity index (χ1v) is 26.2. The fourth-order valence-corrected chi connectivity index (χ4v) is 11.3. The van der Waals surface area contributed by atoms with Crippen LogP contribution >= 0.6 is 0 Å². The molecule has 3 heterocycles. The summed E-state index contributed by atoms with van der Waals surface area (Å²) < 4.78 is 42.0. The number of carboxylic acids is 1. The molecular weight excluding hydrogens is 959 g/mol. The van der Waals surface area contributed by atoms with Gasteiger partial charge in [0, 0.05) is 41.4 Å². The first-order chi connectivity index (χ1) is 34.2. The van der Waals surface area contributed by atoms with Gasteiger partial charge in [0.25, 0.3) is 15.9 Å². The molecule has 21 heteroatoms. The van der Waals surface area contributed by atoms with E-state index in [1.165, 1.54) is 11.0 Å². The maximum Gasteiger partial charge on any atom is 0.326 e. The Labute approximate surface area is 425 Å². The lowest BCUT2D eigenvalue weighted by atomic mass is 9.94. The number of carbonyl (C=O) groups excluding carboxylic acids is 4. The van der Waals surface area contributed by atoms with E-state index in [1.807, 2.05) is 13.8 Å². The minimum atomic E-state index is -4.18. The van der Waals surface area contributed by atoms with Crippen LogP contribution in [-0.4, -0.2) is 120 Å². The molecule has 3 aromatic carbocycles. The van der Waals surface area contributed by atoms with Gasteiger partial charge in [-0.25, -0.2) is 17.9 Å². The summed E-state index contributed by atoms with van der Waals surface area (Å²) in [6, 6.07) is 6.66. The topological polar surface area (TPSA) is 307 Å². The summed E-state index contributed by atoms with van der Waals surface area (Å²) in [6.07, 6.45) is 1.31. The zero-order valence-corrected chi connectivity index (χ0v) is 44.0. The average Bonchev–Trinajstić information content (AvgIpc) is 3.94. The number of aliphatic imine (C=N–C) groups is 1. The second-order valence-corrected chi connectivity index (χ2v) is 22.2. The molecule has 2 aliphatic heterocycles. The monoisotopic (exact) mass is 1030 g/mol. The minimum absolute atomic E-state index is 0.0745. The Bertz CT molecular complexity index is 2980. The largest absolute Gasteiger partial charge is 0.487 e. The lowest BCUT2D eigenvalue weighted by molar-refractivity contribution is -0.145. The highest BCUT2D eigenvalue weighted by molar-refractivity contribution is 7.90. The highest BCUT2D eigenvalue weighted by Crippen LogP contribution is 2.43. The van der Waals surface area contributed by atoms with Gasteiger partial charge in [0.05, 0.1) is 27.7 Å². The molecule has 0 saturated carbocycles. The Balaban J connectivity index is 1.13. The highest BCUT2D eigenvalue weighted by atomic mass is 32.2. The lowest BCUT2D eigenvalue weighted by Gasteiger charge is -2.33. The van der Waals surface area contributed by atoms with Crippen molar-refractivity contribution in [3.63, 3.8) is 0 Å². The molecule has 1 fully saturated rings. The van der Waals surface area contributed by atoms with Gasteiger partial charge in [-0.1, -0.05) is 18.2 Å². The number of fused-ring (bicyclic) bond motifs is 3. The number of para-hydroxylation sites is 2. The van der Waals surface area contributed by atoms with Crippen LogP contribution in [0.3, 0.4) is 0 Å². The van der Waals surface area contributed by atoms with E-state index in [4.69, 9.17) is 20.9 Å². The smallest absolute Gasteiger partial charge is 0.326 e. The summed E-state index contributed by atoms with van der Waals surface area (Å²) in [6.45, 7) is 16.5. The Hall–Kier alpha value is -6.58. The van der Waals surface area contributed by atoms with Gasteiger partial charge in [-0.05, 0) is 155 Å². The number of unbranched alkanes of at least 4 members (excludes halogenated alkanes) is 1. The number of H-pyrrole nitrogens is 1. The zero-order valence-electron chi connectivity index (χ0n) is 43.2. The number of hydrogen-bond donors (Lipinski definition) is 8. The molecule has 396 valence electrons. The van der Waals surface area contributed by atoms with Gasteiger partial charge in [0.2, 0.25) is 23.7 Å². The molecule has 0 bridgehead atoms. The number of carboxylic acid groups (broad SMARTS) is 1. The van der Waals surface area contributed by atoms with Gasteiger partial charge < -0.3 is 51.9 Å². The predicted octanol–water partition coefficient (Wildman–Crippen LogP) is 3.87. The van der Waals surface area contributed by atoms with Crippen LogP contribution < -0.4 is 42.3 Å². The van der Waals surface area contributed by atoms with Gasteiger partial charge in [0.15, 0.2) is 5.43 Å². The molecule has 0 unspecified atom stereocenters. The van der Waals surface area contributed by atoms with Crippen LogP contribution in [0.5, 0.6) is 5.75 Å². The van der Waals surface area contributed by atoms with Gasteiger partial charge >= 0.3 is 5.97 Å². The third kappa shape index (κ3) is 13.0. The fraction of sp³-hybridized carbons (Fsp3) is 0.519. The van der Waals surface area contributed by atoms with Crippen LogP contribution in [0.15, 0.2) is 57.1 Å². The third-order valence-electron chi connectivity index (χ3n) is 13.3. The van der Waals surface area contributed by atoms with E-state index in [1.54, 1.807) is 84.9 Å². The number of guanidine groups is 1. The number of hydrogen-bond acceptors (Lipinski definition) is 12. The van der Waals surface area contributed by atoms with E-state index in [9.17, 15) is 42.3 Å². The highest BCUT2D eigenvalue weighted by Gasteiger charge is 2.41. The number of aromatic nitrogens is 1. The summed E-state index contributed by atoms with van der Waals surface area (Å²) in [5.74, 6) is -3.74. The molecule has 0 radical (unpaired) electrons. The SMILES string of the molecule is Cc1c(C)c(S(=O)(=O)NC(N)=NCCC[C@H](NC(=O)[C@@H]2CCCN2C(=O)[C@H](CCCCN)NC(=O)[C@@H](NC(=O)c2cccc3c(=O)c4ccccc4[nH]c23)[C@@H](C)OC(C)(C)C)C(=O)O)c(C)c2c1OC(C)(C)C2. The van der Waals surface area contributed by atoms with E-state index in [-0.39, 0.29) is 65.6 Å². The maximum atomic E-state index is 14.5. The fourth-order valence-electron chi connectivity index (χ4n) is 9.78. The summed E-state index contributed by atoms with van der Waals surface area (Å²) in [4.78, 5) is 91.7. The van der Waals surface area contributed by atoms with Crippen molar-refractivity contribution in [3.05, 3.63) is 80.5 Å². The number of pyridine rings is 1. The Kier molecular flexibility index (Phi) is 17.3. The number of sulfonamides is 1. The van der Waals surface area contributed by atoms with Gasteiger partial charge in [-0.2, -0.15) is 0 Å². The lowest BCUT2D eigenvalue weighted by Crippen LogP contribution is -2.59. The Morgan fingerprint density at radius 2 is 1.63 bits per heavy atom. The molecule has 0 spiro atoms. The van der Waals surface area contributed by atoms with Gasteiger partial charge in [-0.3, -0.25) is 29.0 Å². The number of nitrogens with two attached hydrogens (primary N) is 2. The van der Waals surface area contributed by atoms with Gasteiger partial charge in [0.1, 0.15) is 35.5 Å². The second kappa shape index (κ2) is 22.7. The number of ether oxygens (including phenoxy) is 2. The number of likely N-dealkylation sites (tertiary alicyclic amines) is 1. The van der Waals surface area contributed by atoms with Crippen molar-refractivity contribution in [1.29, 1.82) is 0 Å². The molecular formula is C52H71N9O11S. The van der Waals surface area contributed by atoms with E-state index >= 15 is 0 Å². The first-order valence-electron chi connectivity index (χ1n) is 24.8. The molecule has 1 saturated heterocycles. The number of benzene rings is 3. The molecule has 73 heavy (non-hydrogen) atoms. The molecule has 1 aromatic heterocycles. The summed E-state index contributed by atoms with van der Waals surface area (Å²) in [5.41, 5.74) is 13.8. The zero-order chi connectivity index (χ0) is 53.7. The molecule has 4 aromatic rings. The van der Waals surface area contributed by atoms with E-state index < -0.39 is 87.1 Å². The number of aliphatic carboxylic acids is 1. The van der Waals surface area contributed by atoms with Crippen molar-refractivity contribution in [2.45, 2.75) is 160 Å². The van der Waals surface area contributed by atoms with Crippen LogP contribution in [0.4, 0.5) is 0 Å². The molecule has 20 nitrogen and oxygen atoms in total. The van der Waals surface area contributed by atoms with E-state index in [0.717, 1.165) is 5.56 Å². The molecule has 2 aliphatic rings. The summed E-state index contributed by atoms with van der Waals surface area (Å²) in [7, 11) is -4.18. The quantitative estimate of drug-likeness (QED) is 0.0270. The second-order valence-electron chi connectivity index (χ2n) is 20.6. The van der Waals surface area contributed by atoms with Crippen molar-refractivity contribution in [1.82, 2.24) is 30.6 Å². The van der Waals surface area contributed by atoms with Crippen molar-refractivity contribution < 1.29 is 47.0 Å². The van der Waals surface area contributed by atoms with E-state index in [2.05, 4.69) is 30.6 Å². The molecule has 4 amide bonds. The van der Waals surface area contributed by atoms with Crippen molar-refractivity contribution in [2.24, 2.45) is 16.5 Å². The number of rotatable bonds is 20. The third-order valence-corrected chi connectivity index (χ3v) is 14.9. The first kappa shape index (κ1) is 55.7. The number of aromatic amines is 1. The molecule has 0 aliphatic carbocycles. The minimum Gasteiger partial charge on any atom is -0.487 e. The van der Waals surface area contributed by atoms with E-state index in [0.29, 0.717) is 65.6 Å². The van der Waals surface area contributed by atoms with Crippen LogP contribution in [0, 0.1) is 20.8 Å². The van der Waals surface area contributed by atoms with Crippen LogP contribution in [0.2, 0.25) is 0 Å². The number of nitrogens with one attached hydrogen (secondary N) is 5. The van der Waals surface area contributed by atoms with Crippen LogP contribution in [0.25, 0.3) is 21.8 Å². The van der Waals surface area contributed by atoms with Crippen LogP contribution in [0.1, 0.15) is 119 Å². The molecule has 10 N–H and O–H groups in total. The summed E-state index contributed by atoms with van der Waals surface area (Å²) >= 11 is 0. The van der Waals surface area contributed by atoms with Crippen molar-refractivity contribution in [2.75, 3.05) is 19.6 Å². The van der Waals surface area contributed by atoms with Gasteiger partial charge in [-0.15, -0.1) is 0 Å².